The molecule has 2 atom stereocenters. The largest absolute Gasteiger partial charge is 0.497 e. The van der Waals surface area contributed by atoms with Gasteiger partial charge in [0, 0.05) is 10.7 Å². The molecular formula is C34H44O2S2. The Hall–Kier alpha value is -1.78. The molecule has 3 aliphatic rings. The summed E-state index contributed by atoms with van der Waals surface area (Å²) in [7, 11) is 3.58. The van der Waals surface area contributed by atoms with Gasteiger partial charge in [-0.05, 0) is 120 Å². The van der Waals surface area contributed by atoms with Gasteiger partial charge in [-0.15, -0.1) is 11.8 Å². The normalized spacial score (nSPS) is 23.3. The van der Waals surface area contributed by atoms with E-state index in [1.165, 1.54) is 66.7 Å². The second-order valence-electron chi connectivity index (χ2n) is 11.1. The Morgan fingerprint density at radius 1 is 0.868 bits per heavy atom. The quantitative estimate of drug-likeness (QED) is 0.275. The highest BCUT2D eigenvalue weighted by molar-refractivity contribution is 8.02. The predicted octanol–water partition coefficient (Wildman–Crippen LogP) is 9.40. The lowest BCUT2D eigenvalue weighted by Gasteiger charge is -2.49. The van der Waals surface area contributed by atoms with Gasteiger partial charge in [0.15, 0.2) is 0 Å². The summed E-state index contributed by atoms with van der Waals surface area (Å²) in [5.41, 5.74) is 11.1. The molecule has 3 aliphatic carbocycles. The molecule has 2 aromatic rings. The van der Waals surface area contributed by atoms with Crippen LogP contribution < -0.4 is 9.47 Å². The van der Waals surface area contributed by atoms with Crippen LogP contribution in [0.3, 0.4) is 0 Å². The zero-order chi connectivity index (χ0) is 26.5. The molecule has 0 saturated heterocycles. The summed E-state index contributed by atoms with van der Waals surface area (Å²) in [4.78, 5) is 0. The molecule has 0 fully saturated rings. The minimum absolute atomic E-state index is 0.0658. The molecule has 0 unspecified atom stereocenters. The molecule has 0 radical (unpaired) electrons. The van der Waals surface area contributed by atoms with Crippen molar-refractivity contribution in [2.75, 3.05) is 25.7 Å². The third kappa shape index (κ3) is 5.45. The Morgan fingerprint density at radius 3 is 2.34 bits per heavy atom. The van der Waals surface area contributed by atoms with Crippen LogP contribution in [0, 0.1) is 0 Å². The first kappa shape index (κ1) is 27.8. The Morgan fingerprint density at radius 2 is 1.58 bits per heavy atom. The summed E-state index contributed by atoms with van der Waals surface area (Å²) in [6.45, 7) is 4.61. The first-order chi connectivity index (χ1) is 18.6. The number of unbranched alkanes of at least 4 members (excludes halogenated alkanes) is 2. The molecule has 4 heteroatoms. The minimum Gasteiger partial charge on any atom is -0.497 e. The standard InChI is InChI=1S/C34H44O2S2/c1-5-7-17-37-23-26-11-9-25-20-28(36-4)13-16-32(25)34(26)21-31-29-15-12-27(35-3)19-24(29)10-14-30(31)33(22-34)38-18-8-6-2/h12-13,15-16,19-20,23,33H,5-11,14,17-18,21-22H2,1-4H3/b26-23-/t33-,34-/m0/s1. The van der Waals surface area contributed by atoms with Gasteiger partial charge in [-0.1, -0.05) is 50.0 Å². The number of ether oxygens (including phenoxy) is 2. The molecule has 0 aromatic heterocycles. The molecule has 1 spiro atoms. The van der Waals surface area contributed by atoms with Gasteiger partial charge >= 0.3 is 0 Å². The number of hydrogen-bond donors (Lipinski definition) is 0. The van der Waals surface area contributed by atoms with Crippen molar-refractivity contribution in [2.45, 2.75) is 88.7 Å². The summed E-state index contributed by atoms with van der Waals surface area (Å²) in [6.07, 6.45) is 12.0. The fourth-order valence-electron chi connectivity index (χ4n) is 6.76. The SMILES string of the molecule is CCCCS/C=C1/CCc2cc(OC)ccc2[C@]12CC1=C(CCc3cc(OC)ccc31)[C@@H](SCCCC)C2. The van der Waals surface area contributed by atoms with Crippen LogP contribution in [0.1, 0.15) is 87.5 Å². The van der Waals surface area contributed by atoms with E-state index in [1.54, 1.807) is 36.5 Å². The number of rotatable bonds is 10. The maximum atomic E-state index is 5.67. The van der Waals surface area contributed by atoms with Crippen molar-refractivity contribution in [1.82, 2.24) is 0 Å². The van der Waals surface area contributed by atoms with Crippen LogP contribution in [0.25, 0.3) is 5.57 Å². The van der Waals surface area contributed by atoms with Gasteiger partial charge in [-0.2, -0.15) is 11.8 Å². The summed E-state index contributed by atoms with van der Waals surface area (Å²) in [5.74, 6) is 4.44. The van der Waals surface area contributed by atoms with Crippen molar-refractivity contribution in [1.29, 1.82) is 0 Å². The smallest absolute Gasteiger partial charge is 0.119 e. The molecule has 0 heterocycles. The molecule has 0 aliphatic heterocycles. The van der Waals surface area contributed by atoms with E-state index in [4.69, 9.17) is 9.47 Å². The fourth-order valence-corrected chi connectivity index (χ4v) is 9.48. The Bertz CT molecular complexity index is 1200. The zero-order valence-corrected chi connectivity index (χ0v) is 25.4. The van der Waals surface area contributed by atoms with E-state index in [1.807, 2.05) is 0 Å². The molecule has 0 bridgehead atoms. The molecular weight excluding hydrogens is 505 g/mol. The van der Waals surface area contributed by atoms with Crippen molar-refractivity contribution in [3.8, 4) is 11.5 Å². The molecule has 2 nitrogen and oxygen atoms in total. The van der Waals surface area contributed by atoms with Crippen LogP contribution in [-0.4, -0.2) is 31.0 Å². The van der Waals surface area contributed by atoms with E-state index in [2.05, 4.69) is 79.2 Å². The first-order valence-corrected chi connectivity index (χ1v) is 16.7. The topological polar surface area (TPSA) is 18.5 Å². The number of hydrogen-bond acceptors (Lipinski definition) is 4. The molecule has 2 aromatic carbocycles. The van der Waals surface area contributed by atoms with Gasteiger partial charge in [0.1, 0.15) is 11.5 Å². The van der Waals surface area contributed by atoms with Crippen molar-refractivity contribution in [3.63, 3.8) is 0 Å². The van der Waals surface area contributed by atoms with Crippen molar-refractivity contribution in [2.24, 2.45) is 0 Å². The minimum atomic E-state index is 0.0658. The van der Waals surface area contributed by atoms with Gasteiger partial charge < -0.3 is 9.47 Å². The van der Waals surface area contributed by atoms with Crippen molar-refractivity contribution < 1.29 is 9.47 Å². The fraction of sp³-hybridized carbons (Fsp3) is 0.529. The maximum Gasteiger partial charge on any atom is 0.119 e. The molecule has 5 rings (SSSR count). The average molecular weight is 549 g/mol. The molecule has 204 valence electrons. The van der Waals surface area contributed by atoms with Gasteiger partial charge in [0.2, 0.25) is 0 Å². The number of aryl methyl sites for hydroxylation is 2. The van der Waals surface area contributed by atoms with Crippen LogP contribution >= 0.6 is 23.5 Å². The highest BCUT2D eigenvalue weighted by atomic mass is 32.2. The van der Waals surface area contributed by atoms with E-state index in [0.717, 1.165) is 37.2 Å². The summed E-state index contributed by atoms with van der Waals surface area (Å²) >= 11 is 4.28. The van der Waals surface area contributed by atoms with Crippen LogP contribution in [0.5, 0.6) is 11.5 Å². The van der Waals surface area contributed by atoms with E-state index in [-0.39, 0.29) is 5.41 Å². The Kier molecular flexibility index (Phi) is 9.21. The number of methoxy groups -OCH3 is 2. The van der Waals surface area contributed by atoms with E-state index < -0.39 is 0 Å². The number of allylic oxidation sites excluding steroid dienone is 2. The number of benzene rings is 2. The summed E-state index contributed by atoms with van der Waals surface area (Å²) in [6, 6.07) is 13.8. The monoisotopic (exact) mass is 548 g/mol. The third-order valence-electron chi connectivity index (χ3n) is 8.85. The summed E-state index contributed by atoms with van der Waals surface area (Å²) in [5, 5.41) is 3.16. The van der Waals surface area contributed by atoms with Crippen LogP contribution in [-0.2, 0) is 18.3 Å². The predicted molar refractivity (Wildman–Crippen MR) is 167 cm³/mol. The van der Waals surface area contributed by atoms with E-state index in [9.17, 15) is 0 Å². The van der Waals surface area contributed by atoms with E-state index >= 15 is 0 Å². The van der Waals surface area contributed by atoms with Crippen LogP contribution in [0.2, 0.25) is 0 Å². The molecule has 0 amide bonds. The van der Waals surface area contributed by atoms with Gasteiger partial charge in [0.05, 0.1) is 14.2 Å². The average Bonchev–Trinajstić information content (AvgIpc) is 2.95. The van der Waals surface area contributed by atoms with E-state index in [0.29, 0.717) is 5.25 Å². The highest BCUT2D eigenvalue weighted by Crippen LogP contribution is 2.58. The summed E-state index contributed by atoms with van der Waals surface area (Å²) < 4.78 is 11.3. The zero-order valence-electron chi connectivity index (χ0n) is 23.7. The molecule has 0 N–H and O–H groups in total. The third-order valence-corrected chi connectivity index (χ3v) is 11.2. The maximum absolute atomic E-state index is 5.67. The lowest BCUT2D eigenvalue weighted by molar-refractivity contribution is 0.404. The van der Waals surface area contributed by atoms with Crippen LogP contribution in [0.4, 0.5) is 0 Å². The number of fused-ring (bicyclic) bond motifs is 4. The first-order valence-electron chi connectivity index (χ1n) is 14.6. The second-order valence-corrected chi connectivity index (χ2v) is 13.4. The second kappa shape index (κ2) is 12.6. The van der Waals surface area contributed by atoms with Crippen molar-refractivity contribution in [3.05, 3.63) is 75.2 Å². The van der Waals surface area contributed by atoms with Crippen LogP contribution in [0.15, 0.2) is 53.0 Å². The van der Waals surface area contributed by atoms with Gasteiger partial charge in [-0.25, -0.2) is 0 Å². The molecule has 0 saturated carbocycles. The van der Waals surface area contributed by atoms with Crippen molar-refractivity contribution >= 4 is 29.1 Å². The van der Waals surface area contributed by atoms with Gasteiger partial charge in [-0.3, -0.25) is 0 Å². The Balaban J connectivity index is 1.63. The lowest BCUT2D eigenvalue weighted by atomic mass is 9.57. The lowest BCUT2D eigenvalue weighted by Crippen LogP contribution is -2.41. The molecule has 38 heavy (non-hydrogen) atoms. The van der Waals surface area contributed by atoms with Gasteiger partial charge in [0.25, 0.3) is 0 Å². The Labute approximate surface area is 239 Å². The number of thioether (sulfide) groups is 2. The highest BCUT2D eigenvalue weighted by Gasteiger charge is 2.47.